The van der Waals surface area contributed by atoms with E-state index >= 15 is 0 Å². The van der Waals surface area contributed by atoms with Crippen LogP contribution in [-0.4, -0.2) is 19.7 Å². The summed E-state index contributed by atoms with van der Waals surface area (Å²) in [6, 6.07) is 11.2. The number of pyridine rings is 1. The van der Waals surface area contributed by atoms with Crippen LogP contribution in [0.3, 0.4) is 0 Å². The molecule has 21 heavy (non-hydrogen) atoms. The van der Waals surface area contributed by atoms with E-state index in [0.717, 1.165) is 11.1 Å². The van der Waals surface area contributed by atoms with Gasteiger partial charge in [-0.15, -0.1) is 5.10 Å². The second-order valence-electron chi connectivity index (χ2n) is 4.57. The minimum absolute atomic E-state index is 0.478. The summed E-state index contributed by atoms with van der Waals surface area (Å²) in [7, 11) is 0. The quantitative estimate of drug-likeness (QED) is 0.723. The third-order valence-corrected chi connectivity index (χ3v) is 3.13. The number of nitriles is 1. The van der Waals surface area contributed by atoms with E-state index in [1.807, 2.05) is 19.1 Å². The standard InChI is InChI=1S/C15H12N6/c1-10-6-7-18-15(13(10)8-16)21-9-19-14(20-21)11-2-4-12(17)5-3-11/h2-7,9H,17H2,1H3. The summed E-state index contributed by atoms with van der Waals surface area (Å²) in [5, 5.41) is 13.6. The van der Waals surface area contributed by atoms with E-state index in [-0.39, 0.29) is 0 Å². The van der Waals surface area contributed by atoms with Crippen LogP contribution in [0, 0.1) is 18.3 Å². The lowest BCUT2D eigenvalue weighted by Crippen LogP contribution is -2.03. The van der Waals surface area contributed by atoms with Gasteiger partial charge in [0.05, 0.1) is 5.56 Å². The summed E-state index contributed by atoms with van der Waals surface area (Å²) in [4.78, 5) is 8.48. The molecular weight excluding hydrogens is 264 g/mol. The highest BCUT2D eigenvalue weighted by molar-refractivity contribution is 5.58. The summed E-state index contributed by atoms with van der Waals surface area (Å²) >= 11 is 0. The summed E-state index contributed by atoms with van der Waals surface area (Å²) in [6.45, 7) is 1.86. The number of aromatic nitrogens is 4. The average Bonchev–Trinajstić information content (AvgIpc) is 2.97. The highest BCUT2D eigenvalue weighted by Crippen LogP contribution is 2.19. The molecule has 0 saturated heterocycles. The third-order valence-electron chi connectivity index (χ3n) is 3.13. The molecule has 0 atom stereocenters. The van der Waals surface area contributed by atoms with Crippen molar-refractivity contribution in [3.05, 3.63) is 54.0 Å². The second-order valence-corrected chi connectivity index (χ2v) is 4.57. The molecule has 0 radical (unpaired) electrons. The highest BCUT2D eigenvalue weighted by atomic mass is 15.4. The Hall–Kier alpha value is -3.20. The Bertz CT molecular complexity index is 826. The average molecular weight is 276 g/mol. The van der Waals surface area contributed by atoms with E-state index in [0.29, 0.717) is 22.9 Å². The van der Waals surface area contributed by atoms with Gasteiger partial charge in [-0.3, -0.25) is 0 Å². The third kappa shape index (κ3) is 2.32. The molecule has 2 N–H and O–H groups in total. The van der Waals surface area contributed by atoms with Crippen molar-refractivity contribution in [2.75, 3.05) is 5.73 Å². The largest absolute Gasteiger partial charge is 0.399 e. The minimum atomic E-state index is 0.478. The first-order valence-electron chi connectivity index (χ1n) is 6.32. The fourth-order valence-corrected chi connectivity index (χ4v) is 1.99. The van der Waals surface area contributed by atoms with Crippen LogP contribution in [0.15, 0.2) is 42.9 Å². The summed E-state index contributed by atoms with van der Waals surface area (Å²) in [5.41, 5.74) is 8.55. The number of hydrogen-bond donors (Lipinski definition) is 1. The number of nitrogens with zero attached hydrogens (tertiary/aromatic N) is 5. The van der Waals surface area contributed by atoms with E-state index in [4.69, 9.17) is 5.73 Å². The molecule has 3 aromatic rings. The smallest absolute Gasteiger partial charge is 0.181 e. The second kappa shape index (κ2) is 5.06. The number of nitrogen functional groups attached to an aromatic ring is 1. The number of nitrogens with two attached hydrogens (primary N) is 1. The molecule has 0 aliphatic carbocycles. The highest BCUT2D eigenvalue weighted by Gasteiger charge is 2.11. The lowest BCUT2D eigenvalue weighted by Gasteiger charge is -2.03. The van der Waals surface area contributed by atoms with Gasteiger partial charge in [-0.1, -0.05) is 0 Å². The van der Waals surface area contributed by atoms with Crippen molar-refractivity contribution in [1.82, 2.24) is 19.7 Å². The van der Waals surface area contributed by atoms with Crippen molar-refractivity contribution in [2.45, 2.75) is 6.92 Å². The van der Waals surface area contributed by atoms with Crippen LogP contribution < -0.4 is 5.73 Å². The molecule has 0 unspecified atom stereocenters. The van der Waals surface area contributed by atoms with E-state index in [1.165, 1.54) is 4.68 Å². The molecular formula is C15H12N6. The fourth-order valence-electron chi connectivity index (χ4n) is 1.99. The molecule has 102 valence electrons. The van der Waals surface area contributed by atoms with Crippen molar-refractivity contribution < 1.29 is 0 Å². The van der Waals surface area contributed by atoms with Gasteiger partial charge in [-0.05, 0) is 42.8 Å². The number of rotatable bonds is 2. The molecule has 2 heterocycles. The van der Waals surface area contributed by atoms with Crippen LogP contribution in [0.25, 0.3) is 17.2 Å². The van der Waals surface area contributed by atoms with Crippen LogP contribution in [-0.2, 0) is 0 Å². The van der Waals surface area contributed by atoms with E-state index in [9.17, 15) is 5.26 Å². The lowest BCUT2D eigenvalue weighted by molar-refractivity contribution is 0.842. The zero-order valence-electron chi connectivity index (χ0n) is 11.4. The number of benzene rings is 1. The maximum absolute atomic E-state index is 9.25. The van der Waals surface area contributed by atoms with Crippen molar-refractivity contribution in [1.29, 1.82) is 5.26 Å². The molecule has 2 aromatic heterocycles. The first-order valence-corrected chi connectivity index (χ1v) is 6.32. The van der Waals surface area contributed by atoms with E-state index < -0.39 is 0 Å². The van der Waals surface area contributed by atoms with Crippen molar-refractivity contribution in [3.63, 3.8) is 0 Å². The molecule has 0 saturated carbocycles. The van der Waals surface area contributed by atoms with Gasteiger partial charge in [0.25, 0.3) is 0 Å². The van der Waals surface area contributed by atoms with Gasteiger partial charge in [0, 0.05) is 17.4 Å². The van der Waals surface area contributed by atoms with Gasteiger partial charge in [0.2, 0.25) is 0 Å². The van der Waals surface area contributed by atoms with Crippen molar-refractivity contribution in [2.24, 2.45) is 0 Å². The Morgan fingerprint density at radius 1 is 1.14 bits per heavy atom. The number of aryl methyl sites for hydroxylation is 1. The van der Waals surface area contributed by atoms with Gasteiger partial charge in [0.1, 0.15) is 12.4 Å². The first-order chi connectivity index (χ1) is 10.2. The molecule has 0 aliphatic heterocycles. The molecule has 1 aromatic carbocycles. The van der Waals surface area contributed by atoms with Crippen LogP contribution in [0.5, 0.6) is 0 Å². The van der Waals surface area contributed by atoms with Crippen LogP contribution in [0.4, 0.5) is 5.69 Å². The summed E-state index contributed by atoms with van der Waals surface area (Å²) in [6.07, 6.45) is 3.20. The Labute approximate surface area is 121 Å². The topological polar surface area (TPSA) is 93.4 Å². The minimum Gasteiger partial charge on any atom is -0.399 e. The molecule has 0 fully saturated rings. The summed E-state index contributed by atoms with van der Waals surface area (Å²) in [5.74, 6) is 1.04. The molecule has 0 spiro atoms. The van der Waals surface area contributed by atoms with Crippen molar-refractivity contribution in [3.8, 4) is 23.3 Å². The van der Waals surface area contributed by atoms with Gasteiger partial charge in [0.15, 0.2) is 11.6 Å². The Kier molecular flexibility index (Phi) is 3.09. The van der Waals surface area contributed by atoms with Gasteiger partial charge in [-0.25, -0.2) is 14.6 Å². The SMILES string of the molecule is Cc1ccnc(-n2cnc(-c3ccc(N)cc3)n2)c1C#N. The molecule has 0 bridgehead atoms. The first kappa shape index (κ1) is 12.8. The number of hydrogen-bond acceptors (Lipinski definition) is 5. The monoisotopic (exact) mass is 276 g/mol. The predicted molar refractivity (Wildman–Crippen MR) is 78.5 cm³/mol. The zero-order valence-corrected chi connectivity index (χ0v) is 11.4. The fraction of sp³-hybridized carbons (Fsp3) is 0.0667. The van der Waals surface area contributed by atoms with Gasteiger partial charge in [-0.2, -0.15) is 5.26 Å². The molecule has 3 rings (SSSR count). The van der Waals surface area contributed by atoms with Crippen LogP contribution in [0.2, 0.25) is 0 Å². The zero-order chi connectivity index (χ0) is 14.8. The maximum Gasteiger partial charge on any atom is 0.181 e. The van der Waals surface area contributed by atoms with Gasteiger partial charge < -0.3 is 5.73 Å². The molecule has 0 aliphatic rings. The van der Waals surface area contributed by atoms with E-state index in [1.54, 1.807) is 30.7 Å². The Morgan fingerprint density at radius 2 is 1.90 bits per heavy atom. The molecule has 6 nitrogen and oxygen atoms in total. The lowest BCUT2D eigenvalue weighted by atomic mass is 10.1. The van der Waals surface area contributed by atoms with E-state index in [2.05, 4.69) is 21.1 Å². The Balaban J connectivity index is 2.05. The van der Waals surface area contributed by atoms with Gasteiger partial charge >= 0.3 is 0 Å². The van der Waals surface area contributed by atoms with Crippen LogP contribution in [0.1, 0.15) is 11.1 Å². The van der Waals surface area contributed by atoms with Crippen molar-refractivity contribution >= 4 is 5.69 Å². The maximum atomic E-state index is 9.25. The number of anilines is 1. The normalized spacial score (nSPS) is 10.3. The Morgan fingerprint density at radius 3 is 2.62 bits per heavy atom. The predicted octanol–water partition coefficient (Wildman–Crippen LogP) is 2.09. The molecule has 0 amide bonds. The summed E-state index contributed by atoms with van der Waals surface area (Å²) < 4.78 is 1.51. The molecule has 6 heteroatoms. The van der Waals surface area contributed by atoms with Crippen LogP contribution >= 0.6 is 0 Å².